The van der Waals surface area contributed by atoms with Gasteiger partial charge in [0.15, 0.2) is 5.78 Å². The van der Waals surface area contributed by atoms with Crippen molar-refractivity contribution >= 4 is 51.3 Å². The molecule has 0 saturated carbocycles. The average Bonchev–Trinajstić information content (AvgIpc) is 3.34. The number of hydrogen-bond acceptors (Lipinski definition) is 3. The maximum absolute atomic E-state index is 14.3. The summed E-state index contributed by atoms with van der Waals surface area (Å²) in [5, 5.41) is 0.290. The zero-order valence-corrected chi connectivity index (χ0v) is 20.2. The summed E-state index contributed by atoms with van der Waals surface area (Å²) in [6, 6.07) is 9.10. The van der Waals surface area contributed by atoms with Gasteiger partial charge in [0.05, 0.1) is 13.2 Å². The van der Waals surface area contributed by atoms with Crippen LogP contribution in [0.1, 0.15) is 39.9 Å². The van der Waals surface area contributed by atoms with E-state index in [0.717, 1.165) is 5.75 Å². The Labute approximate surface area is 203 Å². The van der Waals surface area contributed by atoms with E-state index < -0.39 is 18.1 Å². The first-order valence-electron chi connectivity index (χ1n) is 10.3. The number of aliphatic imine (C=N–C) groups is 1. The predicted molar refractivity (Wildman–Crippen MR) is 129 cm³/mol. The number of benzene rings is 2. The molecule has 0 amide bonds. The van der Waals surface area contributed by atoms with Crippen LogP contribution in [0, 0.1) is 12.8 Å². The molecule has 4 rings (SSSR count). The van der Waals surface area contributed by atoms with Crippen LogP contribution in [-0.4, -0.2) is 42.4 Å². The highest BCUT2D eigenvalue weighted by molar-refractivity contribution is 8.10. The quantitative estimate of drug-likeness (QED) is 0.323. The lowest BCUT2D eigenvalue weighted by Crippen LogP contribution is -2.43. The van der Waals surface area contributed by atoms with Crippen LogP contribution in [0.4, 0.5) is 13.2 Å². The Kier molecular flexibility index (Phi) is 6.80. The third kappa shape index (κ3) is 4.92. The van der Waals surface area contributed by atoms with E-state index in [1.165, 1.54) is 18.2 Å². The van der Waals surface area contributed by atoms with E-state index in [-0.39, 0.29) is 44.5 Å². The fourth-order valence-corrected chi connectivity index (χ4v) is 6.14. The molecule has 2 aromatic rings. The molecule has 0 N–H and O–H groups in total. The Morgan fingerprint density at radius 3 is 2.52 bits per heavy atom. The summed E-state index contributed by atoms with van der Waals surface area (Å²) in [5.41, 5.74) is -0.00619. The highest BCUT2D eigenvalue weighted by Gasteiger charge is 2.58. The van der Waals surface area contributed by atoms with E-state index in [1.807, 2.05) is 0 Å². The summed E-state index contributed by atoms with van der Waals surface area (Å²) in [6.45, 7) is 1.87. The summed E-state index contributed by atoms with van der Waals surface area (Å²) in [6.07, 6.45) is -4.51. The van der Waals surface area contributed by atoms with Crippen LogP contribution in [0.3, 0.4) is 0 Å². The Morgan fingerprint density at radius 1 is 1.24 bits per heavy atom. The topological polar surface area (TPSA) is 38.7 Å². The molecular formula is C24H22Cl2F3NO2S. The zero-order chi connectivity index (χ0) is 24.0. The number of aryl methyl sites for hydroxylation is 1. The fourth-order valence-electron chi connectivity index (χ4n) is 4.40. The molecule has 0 spiro atoms. The first-order valence-corrected chi connectivity index (χ1v) is 12.6. The van der Waals surface area contributed by atoms with Crippen LogP contribution in [0.25, 0.3) is 0 Å². The molecule has 2 aliphatic heterocycles. The Morgan fingerprint density at radius 2 is 1.94 bits per heavy atom. The molecule has 0 aliphatic carbocycles. The maximum atomic E-state index is 14.3. The van der Waals surface area contributed by atoms with Gasteiger partial charge in [-0.2, -0.15) is 13.2 Å². The number of rotatable bonds is 5. The first kappa shape index (κ1) is 24.5. The predicted octanol–water partition coefficient (Wildman–Crippen LogP) is 6.83. The van der Waals surface area contributed by atoms with Gasteiger partial charge in [-0.1, -0.05) is 46.1 Å². The molecule has 1 fully saturated rings. The van der Waals surface area contributed by atoms with Crippen molar-refractivity contribution in [2.75, 3.05) is 18.9 Å². The number of hydrogen-bond donors (Lipinski definition) is 0. The minimum absolute atomic E-state index is 0.00174. The van der Waals surface area contributed by atoms with Gasteiger partial charge in [0.25, 0.3) is 0 Å². The molecule has 0 radical (unpaired) electrons. The molecule has 2 aliphatic rings. The van der Waals surface area contributed by atoms with Gasteiger partial charge in [0.1, 0.15) is 5.41 Å². The summed E-state index contributed by atoms with van der Waals surface area (Å²) >= 11 is 12.0. The van der Waals surface area contributed by atoms with E-state index in [1.54, 1.807) is 25.1 Å². The molecule has 3 atom stereocenters. The number of halogens is 5. The second-order valence-corrected chi connectivity index (χ2v) is 10.9. The van der Waals surface area contributed by atoms with Crippen molar-refractivity contribution in [1.82, 2.24) is 0 Å². The van der Waals surface area contributed by atoms with Gasteiger partial charge in [-0.05, 0) is 53.7 Å². The molecule has 2 aromatic carbocycles. The average molecular weight is 516 g/mol. The summed E-state index contributed by atoms with van der Waals surface area (Å²) in [7, 11) is -0.347. The molecule has 9 heteroatoms. The minimum Gasteiger partial charge on any atom is -0.323 e. The zero-order valence-electron chi connectivity index (χ0n) is 17.8. The maximum Gasteiger partial charge on any atom is 0.400 e. The number of nitrogens with zero attached hydrogens (tertiary/aromatic N) is 1. The second-order valence-electron chi connectivity index (χ2n) is 8.59. The van der Waals surface area contributed by atoms with Gasteiger partial charge in [-0.25, -0.2) is 0 Å². The van der Waals surface area contributed by atoms with Gasteiger partial charge < -0.3 is 4.18 Å². The normalized spacial score (nSPS) is 25.3. The van der Waals surface area contributed by atoms with Crippen LogP contribution in [0.15, 0.2) is 41.4 Å². The lowest BCUT2D eigenvalue weighted by Gasteiger charge is -2.31. The fraction of sp³-hybridized carbons (Fsp3) is 0.375. The Balaban J connectivity index is 1.58. The van der Waals surface area contributed by atoms with Gasteiger partial charge in [0.2, 0.25) is 0 Å². The molecular weight excluding hydrogens is 494 g/mol. The van der Waals surface area contributed by atoms with Crippen LogP contribution >= 0.6 is 34.0 Å². The molecule has 1 saturated heterocycles. The van der Waals surface area contributed by atoms with Crippen molar-refractivity contribution < 1.29 is 22.1 Å². The molecule has 0 aromatic heterocycles. The lowest BCUT2D eigenvalue weighted by atomic mass is 9.76. The van der Waals surface area contributed by atoms with Crippen LogP contribution in [0.5, 0.6) is 0 Å². The third-order valence-electron chi connectivity index (χ3n) is 6.19. The van der Waals surface area contributed by atoms with Crippen LogP contribution in [-0.2, 0) is 9.60 Å². The number of ketones is 1. The summed E-state index contributed by atoms with van der Waals surface area (Å²) < 4.78 is 48.4. The number of Topliss-reactive ketones (excluding diaryl/α,β-unsaturated/α-hetero) is 1. The van der Waals surface area contributed by atoms with E-state index >= 15 is 0 Å². The standard InChI is InChI=1S/C24H22Cl2F3NO2S/c1-14-5-16(3-4-20(14)22(31)6-15-11-32-33(2)12-15)21-10-23(13-30-21,24(27,28)29)17-7-18(25)9-19(26)8-17/h3-5,7-9,15H,2,6,10-13H2,1H3. The van der Waals surface area contributed by atoms with E-state index in [2.05, 4.69) is 10.9 Å². The molecule has 33 heavy (non-hydrogen) atoms. The lowest BCUT2D eigenvalue weighted by molar-refractivity contribution is -0.183. The van der Waals surface area contributed by atoms with Gasteiger partial charge in [-0.15, -0.1) is 0 Å². The van der Waals surface area contributed by atoms with E-state index in [9.17, 15) is 18.0 Å². The highest BCUT2D eigenvalue weighted by Crippen LogP contribution is 2.48. The van der Waals surface area contributed by atoms with E-state index in [4.69, 9.17) is 27.4 Å². The number of alkyl halides is 3. The Hall–Kier alpha value is -1.67. The largest absolute Gasteiger partial charge is 0.400 e. The smallest absolute Gasteiger partial charge is 0.323 e. The van der Waals surface area contributed by atoms with Crippen LogP contribution < -0.4 is 0 Å². The molecule has 3 nitrogen and oxygen atoms in total. The number of carbonyl (C=O) groups excluding carboxylic acids is 1. The molecule has 176 valence electrons. The third-order valence-corrected chi connectivity index (χ3v) is 7.94. The van der Waals surface area contributed by atoms with Crippen LogP contribution in [0.2, 0.25) is 10.0 Å². The summed E-state index contributed by atoms with van der Waals surface area (Å²) in [5.74, 6) is 4.80. The highest BCUT2D eigenvalue weighted by atomic mass is 35.5. The summed E-state index contributed by atoms with van der Waals surface area (Å²) in [4.78, 5) is 17.0. The van der Waals surface area contributed by atoms with Gasteiger partial charge in [-0.3, -0.25) is 9.79 Å². The van der Waals surface area contributed by atoms with Crippen molar-refractivity contribution in [1.29, 1.82) is 0 Å². The van der Waals surface area contributed by atoms with Gasteiger partial charge in [0, 0.05) is 45.8 Å². The Bertz CT molecular complexity index is 1140. The SMILES string of the molecule is C=S1CC(CC(=O)c2ccc(C3=NCC(c4cc(Cl)cc(Cl)c4)(C(F)(F)F)C3)cc2C)CO1. The number of carbonyl (C=O) groups is 1. The minimum atomic E-state index is -4.55. The molecule has 2 heterocycles. The van der Waals surface area contributed by atoms with E-state index in [0.29, 0.717) is 35.4 Å². The van der Waals surface area contributed by atoms with Gasteiger partial charge >= 0.3 is 6.18 Å². The van der Waals surface area contributed by atoms with Crippen molar-refractivity contribution in [3.05, 3.63) is 68.7 Å². The first-order chi connectivity index (χ1) is 15.5. The molecule has 3 unspecified atom stereocenters. The van der Waals surface area contributed by atoms with Crippen molar-refractivity contribution in [3.8, 4) is 0 Å². The molecule has 0 bridgehead atoms. The van der Waals surface area contributed by atoms with Crippen molar-refractivity contribution in [2.24, 2.45) is 10.9 Å². The van der Waals surface area contributed by atoms with Crippen molar-refractivity contribution in [3.63, 3.8) is 0 Å². The second kappa shape index (κ2) is 9.17. The monoisotopic (exact) mass is 515 g/mol. The van der Waals surface area contributed by atoms with Crippen molar-refractivity contribution in [2.45, 2.75) is 31.4 Å².